The van der Waals surface area contributed by atoms with Crippen LogP contribution < -0.4 is 20.1 Å². The van der Waals surface area contributed by atoms with Crippen LogP contribution in [0.15, 0.2) is 42.5 Å². The molecular formula is C21H20N4O3. The van der Waals surface area contributed by atoms with Gasteiger partial charge in [0.1, 0.15) is 17.3 Å². The Labute approximate surface area is 162 Å². The molecule has 2 heterocycles. The van der Waals surface area contributed by atoms with Gasteiger partial charge in [-0.3, -0.25) is 4.79 Å². The molecule has 3 aromatic rings. The monoisotopic (exact) mass is 376 g/mol. The van der Waals surface area contributed by atoms with Crippen molar-refractivity contribution in [1.29, 1.82) is 0 Å². The summed E-state index contributed by atoms with van der Waals surface area (Å²) in [6, 6.07) is 13.0. The van der Waals surface area contributed by atoms with Crippen LogP contribution in [0.2, 0.25) is 0 Å². The average Bonchev–Trinajstić information content (AvgIpc) is 3.11. The lowest BCUT2D eigenvalue weighted by Crippen LogP contribution is -2.16. The summed E-state index contributed by atoms with van der Waals surface area (Å²) < 4.78 is 10.7. The molecule has 142 valence electrons. The molecule has 1 aromatic heterocycles. The van der Waals surface area contributed by atoms with E-state index >= 15 is 0 Å². The van der Waals surface area contributed by atoms with Crippen molar-refractivity contribution in [2.75, 3.05) is 17.4 Å². The minimum atomic E-state index is -0.286. The summed E-state index contributed by atoms with van der Waals surface area (Å²) in [7, 11) is 0. The van der Waals surface area contributed by atoms with E-state index in [-0.39, 0.29) is 18.4 Å². The number of carbonyl (C=O) groups is 1. The lowest BCUT2D eigenvalue weighted by atomic mass is 10.1. The third kappa shape index (κ3) is 3.73. The molecule has 0 saturated heterocycles. The fraction of sp³-hybridized carbons (Fsp3) is 0.190. The zero-order valence-electron chi connectivity index (χ0n) is 15.9. The number of nitrogens with zero attached hydrogens (tertiary/aromatic N) is 2. The molecule has 0 fully saturated rings. The molecule has 0 radical (unpaired) electrons. The van der Waals surface area contributed by atoms with Crippen LogP contribution >= 0.6 is 0 Å². The summed E-state index contributed by atoms with van der Waals surface area (Å²) in [6.07, 6.45) is 0. The topological polar surface area (TPSA) is 85.4 Å². The first-order chi connectivity index (χ1) is 13.5. The van der Waals surface area contributed by atoms with Gasteiger partial charge in [-0.2, -0.15) is 0 Å². The molecule has 1 amide bonds. The van der Waals surface area contributed by atoms with Gasteiger partial charge in [-0.15, -0.1) is 0 Å². The van der Waals surface area contributed by atoms with E-state index in [0.717, 1.165) is 22.5 Å². The molecule has 0 aliphatic carbocycles. The zero-order chi connectivity index (χ0) is 19.7. The largest absolute Gasteiger partial charge is 0.454 e. The summed E-state index contributed by atoms with van der Waals surface area (Å²) in [6.45, 7) is 5.94. The van der Waals surface area contributed by atoms with Crippen molar-refractivity contribution in [2.45, 2.75) is 20.8 Å². The second-order valence-corrected chi connectivity index (χ2v) is 6.65. The molecule has 7 heteroatoms. The summed E-state index contributed by atoms with van der Waals surface area (Å²) in [5.74, 6) is 2.11. The highest BCUT2D eigenvalue weighted by Gasteiger charge is 2.15. The number of aromatic nitrogens is 2. The third-order valence-corrected chi connectivity index (χ3v) is 4.35. The fourth-order valence-corrected chi connectivity index (χ4v) is 3.01. The first-order valence-electron chi connectivity index (χ1n) is 8.89. The lowest BCUT2D eigenvalue weighted by Gasteiger charge is -2.11. The van der Waals surface area contributed by atoms with Gasteiger partial charge >= 0.3 is 0 Å². The van der Waals surface area contributed by atoms with E-state index in [1.807, 2.05) is 50.2 Å². The third-order valence-electron chi connectivity index (χ3n) is 4.35. The highest BCUT2D eigenvalue weighted by molar-refractivity contribution is 6.03. The molecule has 0 saturated carbocycles. The molecule has 4 rings (SSSR count). The van der Waals surface area contributed by atoms with E-state index in [1.165, 1.54) is 0 Å². The van der Waals surface area contributed by atoms with Gasteiger partial charge in [0, 0.05) is 23.5 Å². The van der Waals surface area contributed by atoms with Crippen molar-refractivity contribution in [1.82, 2.24) is 9.97 Å². The Morgan fingerprint density at radius 2 is 1.79 bits per heavy atom. The van der Waals surface area contributed by atoms with Gasteiger partial charge < -0.3 is 20.1 Å². The van der Waals surface area contributed by atoms with E-state index in [0.29, 0.717) is 23.1 Å². The molecule has 2 aromatic carbocycles. The Morgan fingerprint density at radius 1 is 0.964 bits per heavy atom. The zero-order valence-corrected chi connectivity index (χ0v) is 15.9. The van der Waals surface area contributed by atoms with Crippen LogP contribution in [0.3, 0.4) is 0 Å². The van der Waals surface area contributed by atoms with Crippen molar-refractivity contribution in [2.24, 2.45) is 0 Å². The van der Waals surface area contributed by atoms with Crippen LogP contribution in [0, 0.1) is 20.8 Å². The standard InChI is InChI=1S/C21H20N4O3/c1-12-4-6-16(13(2)8-12)25-21(26)17-10-20(23-14(3)22-17)24-15-5-7-18-19(9-15)28-11-27-18/h4-10H,11H2,1-3H3,(H,25,26)(H,22,23,24). The van der Waals surface area contributed by atoms with Gasteiger partial charge in [-0.1, -0.05) is 17.7 Å². The Morgan fingerprint density at radius 3 is 2.61 bits per heavy atom. The van der Waals surface area contributed by atoms with Gasteiger partial charge in [0.05, 0.1) is 0 Å². The Bertz CT molecular complexity index is 1070. The van der Waals surface area contributed by atoms with Crippen molar-refractivity contribution in [3.63, 3.8) is 0 Å². The summed E-state index contributed by atoms with van der Waals surface area (Å²) in [5.41, 5.74) is 3.97. The second kappa shape index (κ2) is 7.19. The van der Waals surface area contributed by atoms with Gasteiger partial charge in [0.2, 0.25) is 6.79 Å². The van der Waals surface area contributed by atoms with Gasteiger partial charge in [-0.25, -0.2) is 9.97 Å². The normalized spacial score (nSPS) is 12.0. The quantitative estimate of drug-likeness (QED) is 0.712. The molecule has 0 atom stereocenters. The van der Waals surface area contributed by atoms with Crippen LogP contribution in [-0.4, -0.2) is 22.7 Å². The fourth-order valence-electron chi connectivity index (χ4n) is 3.01. The van der Waals surface area contributed by atoms with Gasteiger partial charge in [-0.05, 0) is 44.5 Å². The highest BCUT2D eigenvalue weighted by atomic mass is 16.7. The number of amides is 1. The maximum atomic E-state index is 12.7. The smallest absolute Gasteiger partial charge is 0.274 e. The van der Waals surface area contributed by atoms with Crippen LogP contribution in [0.4, 0.5) is 17.2 Å². The van der Waals surface area contributed by atoms with Crippen molar-refractivity contribution in [3.05, 3.63) is 65.1 Å². The molecule has 7 nitrogen and oxygen atoms in total. The number of anilines is 3. The predicted molar refractivity (Wildman–Crippen MR) is 106 cm³/mol. The Hall–Kier alpha value is -3.61. The number of hydrogen-bond acceptors (Lipinski definition) is 6. The van der Waals surface area contributed by atoms with Crippen molar-refractivity contribution in [3.8, 4) is 11.5 Å². The number of rotatable bonds is 4. The number of carbonyl (C=O) groups excluding carboxylic acids is 1. The Kier molecular flexibility index (Phi) is 4.57. The van der Waals surface area contributed by atoms with E-state index in [4.69, 9.17) is 9.47 Å². The van der Waals surface area contributed by atoms with E-state index < -0.39 is 0 Å². The van der Waals surface area contributed by atoms with E-state index in [1.54, 1.807) is 13.0 Å². The molecule has 0 bridgehead atoms. The van der Waals surface area contributed by atoms with Crippen LogP contribution in [0.1, 0.15) is 27.4 Å². The molecule has 28 heavy (non-hydrogen) atoms. The molecule has 0 spiro atoms. The average molecular weight is 376 g/mol. The number of fused-ring (bicyclic) bond motifs is 1. The number of nitrogens with one attached hydrogen (secondary N) is 2. The minimum absolute atomic E-state index is 0.216. The number of aryl methyl sites for hydroxylation is 3. The lowest BCUT2D eigenvalue weighted by molar-refractivity contribution is 0.102. The molecular weight excluding hydrogens is 356 g/mol. The Balaban J connectivity index is 1.55. The first kappa shape index (κ1) is 17.8. The maximum Gasteiger partial charge on any atom is 0.274 e. The predicted octanol–water partition coefficient (Wildman–Crippen LogP) is 4.13. The second-order valence-electron chi connectivity index (χ2n) is 6.65. The molecule has 1 aliphatic rings. The SMILES string of the molecule is Cc1ccc(NC(=O)c2cc(Nc3ccc4c(c3)OCO4)nc(C)n2)c(C)c1. The summed E-state index contributed by atoms with van der Waals surface area (Å²) in [5, 5.41) is 6.10. The van der Waals surface area contributed by atoms with E-state index in [2.05, 4.69) is 20.6 Å². The van der Waals surface area contributed by atoms with E-state index in [9.17, 15) is 4.79 Å². The van der Waals surface area contributed by atoms with Gasteiger partial charge in [0.15, 0.2) is 11.5 Å². The van der Waals surface area contributed by atoms with Gasteiger partial charge in [0.25, 0.3) is 5.91 Å². The van der Waals surface area contributed by atoms with Crippen LogP contribution in [0.25, 0.3) is 0 Å². The number of benzene rings is 2. The number of hydrogen-bond donors (Lipinski definition) is 2. The van der Waals surface area contributed by atoms with Crippen LogP contribution in [-0.2, 0) is 0 Å². The first-order valence-corrected chi connectivity index (χ1v) is 8.89. The maximum absolute atomic E-state index is 12.7. The molecule has 2 N–H and O–H groups in total. The summed E-state index contributed by atoms with van der Waals surface area (Å²) >= 11 is 0. The van der Waals surface area contributed by atoms with Crippen LogP contribution in [0.5, 0.6) is 11.5 Å². The van der Waals surface area contributed by atoms with Crippen molar-refractivity contribution < 1.29 is 14.3 Å². The number of ether oxygens (including phenoxy) is 2. The molecule has 1 aliphatic heterocycles. The molecule has 0 unspecified atom stereocenters. The summed E-state index contributed by atoms with van der Waals surface area (Å²) in [4.78, 5) is 21.3. The minimum Gasteiger partial charge on any atom is -0.454 e. The van der Waals surface area contributed by atoms with Crippen molar-refractivity contribution >= 4 is 23.1 Å². The highest BCUT2D eigenvalue weighted by Crippen LogP contribution is 2.35.